The number of benzene rings is 1. The molecule has 1 heterocycles. The number of aromatic nitrogens is 3. The van der Waals surface area contributed by atoms with Crippen LogP contribution in [0.4, 0.5) is 13.2 Å². The van der Waals surface area contributed by atoms with E-state index >= 15 is 0 Å². The van der Waals surface area contributed by atoms with Gasteiger partial charge in [-0.15, -0.1) is 5.10 Å². The van der Waals surface area contributed by atoms with Crippen LogP contribution >= 0.6 is 0 Å². The zero-order chi connectivity index (χ0) is 14.0. The van der Waals surface area contributed by atoms with Gasteiger partial charge in [0.25, 0.3) is 5.78 Å². The molecule has 0 spiro atoms. The first-order valence-corrected chi connectivity index (χ1v) is 5.55. The van der Waals surface area contributed by atoms with Crippen molar-refractivity contribution >= 4 is 5.78 Å². The van der Waals surface area contributed by atoms with Crippen LogP contribution in [0.2, 0.25) is 0 Å². The summed E-state index contributed by atoms with van der Waals surface area (Å²) in [5.74, 6) is -2.00. The summed E-state index contributed by atoms with van der Waals surface area (Å²) in [5, 5.41) is 6.80. The van der Waals surface area contributed by atoms with Crippen molar-refractivity contribution in [3.63, 3.8) is 0 Å². The van der Waals surface area contributed by atoms with Gasteiger partial charge in [-0.3, -0.25) is 4.79 Å². The maximum Gasteiger partial charge on any atom is 0.456 e. The molecule has 2 rings (SSSR count). The Hall–Kier alpha value is -2.18. The van der Waals surface area contributed by atoms with Crippen molar-refractivity contribution in [2.75, 3.05) is 0 Å². The van der Waals surface area contributed by atoms with E-state index in [1.165, 1.54) is 0 Å². The minimum atomic E-state index is -4.94. The standard InChI is InChI=1S/C12H10F3N3O/c1-2-8-4-3-5-9(6-8)18-7-10(16-17-18)11(19)12(13,14)15/h3-7H,2H2,1H3. The van der Waals surface area contributed by atoms with Crippen molar-refractivity contribution in [2.24, 2.45) is 0 Å². The number of rotatable bonds is 3. The lowest BCUT2D eigenvalue weighted by Crippen LogP contribution is -2.23. The Morgan fingerprint density at radius 1 is 1.37 bits per heavy atom. The monoisotopic (exact) mass is 269 g/mol. The Balaban J connectivity index is 2.33. The highest BCUT2D eigenvalue weighted by molar-refractivity contribution is 5.98. The van der Waals surface area contributed by atoms with E-state index in [4.69, 9.17) is 0 Å². The Kier molecular flexibility index (Phi) is 3.37. The minimum Gasteiger partial charge on any atom is -0.282 e. The summed E-state index contributed by atoms with van der Waals surface area (Å²) in [5.41, 5.74) is 0.860. The highest BCUT2D eigenvalue weighted by Crippen LogP contribution is 2.20. The van der Waals surface area contributed by atoms with Gasteiger partial charge >= 0.3 is 6.18 Å². The van der Waals surface area contributed by atoms with E-state index < -0.39 is 17.7 Å². The van der Waals surface area contributed by atoms with Crippen LogP contribution in [-0.4, -0.2) is 27.0 Å². The fourth-order valence-electron chi connectivity index (χ4n) is 1.56. The van der Waals surface area contributed by atoms with Gasteiger partial charge in [0.05, 0.1) is 11.9 Å². The lowest BCUT2D eigenvalue weighted by molar-refractivity contribution is -0.0888. The third-order valence-electron chi connectivity index (χ3n) is 2.57. The number of aryl methyl sites for hydroxylation is 1. The molecule has 0 amide bonds. The van der Waals surface area contributed by atoms with Crippen LogP contribution in [0.5, 0.6) is 0 Å². The highest BCUT2D eigenvalue weighted by atomic mass is 19.4. The van der Waals surface area contributed by atoms with E-state index in [1.54, 1.807) is 18.2 Å². The Labute approximate surface area is 106 Å². The van der Waals surface area contributed by atoms with Gasteiger partial charge in [0.15, 0.2) is 5.69 Å². The molecule has 1 aromatic carbocycles. The predicted octanol–water partition coefficient (Wildman–Crippen LogP) is 2.57. The molecule has 2 aromatic rings. The molecule has 100 valence electrons. The van der Waals surface area contributed by atoms with Crippen molar-refractivity contribution in [1.82, 2.24) is 15.0 Å². The normalized spacial score (nSPS) is 11.6. The molecule has 7 heteroatoms. The lowest BCUT2D eigenvalue weighted by Gasteiger charge is -2.02. The van der Waals surface area contributed by atoms with Gasteiger partial charge < -0.3 is 0 Å². The summed E-state index contributed by atoms with van der Waals surface area (Å²) >= 11 is 0. The summed E-state index contributed by atoms with van der Waals surface area (Å²) < 4.78 is 37.9. The number of ketones is 1. The second kappa shape index (κ2) is 4.83. The van der Waals surface area contributed by atoms with Gasteiger partial charge in [0, 0.05) is 0 Å². The van der Waals surface area contributed by atoms with Gasteiger partial charge in [-0.05, 0) is 24.1 Å². The smallest absolute Gasteiger partial charge is 0.282 e. The second-order valence-corrected chi connectivity index (χ2v) is 3.90. The number of carbonyl (C=O) groups excluding carboxylic acids is 1. The second-order valence-electron chi connectivity index (χ2n) is 3.90. The first-order valence-electron chi connectivity index (χ1n) is 5.55. The fraction of sp³-hybridized carbons (Fsp3) is 0.250. The highest BCUT2D eigenvalue weighted by Gasteiger charge is 2.41. The van der Waals surface area contributed by atoms with Gasteiger partial charge in [0.2, 0.25) is 0 Å². The number of halogens is 3. The molecule has 0 aliphatic carbocycles. The summed E-state index contributed by atoms with van der Waals surface area (Å²) in [6.45, 7) is 1.96. The molecule has 0 aliphatic rings. The zero-order valence-corrected chi connectivity index (χ0v) is 9.98. The van der Waals surface area contributed by atoms with Gasteiger partial charge in [-0.2, -0.15) is 13.2 Å². The third kappa shape index (κ3) is 2.81. The molecule has 19 heavy (non-hydrogen) atoms. The number of Topliss-reactive ketones (excluding diaryl/α,β-unsaturated/α-hetero) is 1. The molecule has 0 fully saturated rings. The summed E-state index contributed by atoms with van der Waals surface area (Å²) in [7, 11) is 0. The van der Waals surface area contributed by atoms with Crippen molar-refractivity contribution < 1.29 is 18.0 Å². The maximum atomic E-state index is 12.2. The van der Waals surface area contributed by atoms with Gasteiger partial charge in [-0.1, -0.05) is 24.3 Å². The van der Waals surface area contributed by atoms with Crippen molar-refractivity contribution in [3.8, 4) is 5.69 Å². The molecular formula is C12H10F3N3O. The lowest BCUT2D eigenvalue weighted by atomic mass is 10.1. The molecule has 0 saturated carbocycles. The van der Waals surface area contributed by atoms with E-state index in [0.717, 1.165) is 22.9 Å². The number of nitrogens with zero attached hydrogens (tertiary/aromatic N) is 3. The first-order chi connectivity index (χ1) is 8.91. The molecular weight excluding hydrogens is 259 g/mol. The van der Waals surface area contributed by atoms with E-state index in [2.05, 4.69) is 10.3 Å². The quantitative estimate of drug-likeness (QED) is 0.804. The Bertz CT molecular complexity index is 604. The molecule has 0 atom stereocenters. The van der Waals surface area contributed by atoms with E-state index in [-0.39, 0.29) is 0 Å². The van der Waals surface area contributed by atoms with Crippen molar-refractivity contribution in [3.05, 3.63) is 41.7 Å². The topological polar surface area (TPSA) is 47.8 Å². The van der Waals surface area contributed by atoms with Crippen molar-refractivity contribution in [2.45, 2.75) is 19.5 Å². The van der Waals surface area contributed by atoms with Crippen LogP contribution < -0.4 is 0 Å². The summed E-state index contributed by atoms with van der Waals surface area (Å²) in [4.78, 5) is 11.0. The largest absolute Gasteiger partial charge is 0.456 e. The fourth-order valence-corrected chi connectivity index (χ4v) is 1.56. The molecule has 0 aliphatic heterocycles. The van der Waals surface area contributed by atoms with Crippen LogP contribution in [0.3, 0.4) is 0 Å². The number of alkyl halides is 3. The first kappa shape index (κ1) is 13.3. The Morgan fingerprint density at radius 3 is 2.74 bits per heavy atom. The predicted molar refractivity (Wildman–Crippen MR) is 61.1 cm³/mol. The van der Waals surface area contributed by atoms with E-state index in [0.29, 0.717) is 5.69 Å². The maximum absolute atomic E-state index is 12.2. The average Bonchev–Trinajstić information content (AvgIpc) is 2.86. The van der Waals surface area contributed by atoms with E-state index in [1.807, 2.05) is 13.0 Å². The molecule has 0 N–H and O–H groups in total. The molecule has 4 nitrogen and oxygen atoms in total. The van der Waals surface area contributed by atoms with Crippen LogP contribution in [0, 0.1) is 0 Å². The van der Waals surface area contributed by atoms with Gasteiger partial charge in [0.1, 0.15) is 0 Å². The number of hydrogen-bond donors (Lipinski definition) is 0. The molecule has 0 unspecified atom stereocenters. The molecule has 0 bridgehead atoms. The van der Waals surface area contributed by atoms with Crippen LogP contribution in [0.15, 0.2) is 30.5 Å². The van der Waals surface area contributed by atoms with E-state index in [9.17, 15) is 18.0 Å². The Morgan fingerprint density at radius 2 is 2.11 bits per heavy atom. The zero-order valence-electron chi connectivity index (χ0n) is 9.98. The molecule has 0 saturated heterocycles. The minimum absolute atomic E-state index is 0.563. The van der Waals surface area contributed by atoms with Gasteiger partial charge in [-0.25, -0.2) is 4.68 Å². The van der Waals surface area contributed by atoms with Crippen molar-refractivity contribution in [1.29, 1.82) is 0 Å². The van der Waals surface area contributed by atoms with Crippen LogP contribution in [-0.2, 0) is 6.42 Å². The van der Waals surface area contributed by atoms with Crippen LogP contribution in [0.25, 0.3) is 5.69 Å². The summed E-state index contributed by atoms with van der Waals surface area (Å²) in [6, 6.07) is 7.11. The molecule has 0 radical (unpaired) electrons. The molecule has 1 aromatic heterocycles. The van der Waals surface area contributed by atoms with Crippen LogP contribution in [0.1, 0.15) is 23.0 Å². The third-order valence-corrected chi connectivity index (χ3v) is 2.57. The number of hydrogen-bond acceptors (Lipinski definition) is 3. The summed E-state index contributed by atoms with van der Waals surface area (Å²) in [6.07, 6.45) is -3.17. The average molecular weight is 269 g/mol. The number of carbonyl (C=O) groups is 1. The SMILES string of the molecule is CCc1cccc(-n2cc(C(=O)C(F)(F)F)nn2)c1.